The van der Waals surface area contributed by atoms with Crippen molar-refractivity contribution in [3.8, 4) is 0 Å². The monoisotopic (exact) mass is 598 g/mol. The largest absolute Gasteiger partial charge is 0.417 e. The quantitative estimate of drug-likeness (QED) is 0.448. The molecule has 4 aliphatic rings. The molecule has 1 saturated carbocycles. The van der Waals surface area contributed by atoms with Crippen LogP contribution in [0.15, 0.2) is 42.6 Å². The Morgan fingerprint density at radius 1 is 0.860 bits per heavy atom. The number of hydrogen-bond donors (Lipinski definition) is 0. The van der Waals surface area contributed by atoms with Crippen molar-refractivity contribution in [2.75, 3.05) is 31.1 Å². The molecule has 0 unspecified atom stereocenters. The standard InChI is InChI=1S/C33H41F3N4O3/c34-33(35,36)26-10-11-30(37-21-26)40(31(41)23-6-2-1-3-7-23)28-14-16-38(17-15-28)27-12-18-39(19-13-27)32(42)29-20-24-8-4-5-9-25(24)22-43-29/h4-5,8-11,21,23,27-29H,1-3,6-7,12-20,22H2/t29-/m0/s1. The average molecular weight is 599 g/mol. The topological polar surface area (TPSA) is 66.0 Å². The second-order valence-corrected chi connectivity index (χ2v) is 12.5. The highest BCUT2D eigenvalue weighted by Crippen LogP contribution is 2.34. The van der Waals surface area contributed by atoms with Gasteiger partial charge in [-0.3, -0.25) is 14.5 Å². The Hall–Kier alpha value is -2.98. The van der Waals surface area contributed by atoms with E-state index in [1.54, 1.807) is 4.90 Å². The molecule has 1 aromatic carbocycles. The average Bonchev–Trinajstić information content (AvgIpc) is 3.05. The molecule has 0 radical (unpaired) electrons. The lowest BCUT2D eigenvalue weighted by molar-refractivity contribution is -0.147. The van der Waals surface area contributed by atoms with E-state index < -0.39 is 17.8 Å². The number of likely N-dealkylation sites (tertiary alicyclic amines) is 2. The number of piperidine rings is 2. The molecule has 2 aromatic rings. The van der Waals surface area contributed by atoms with Gasteiger partial charge in [-0.25, -0.2) is 4.98 Å². The van der Waals surface area contributed by atoms with Crippen molar-refractivity contribution < 1.29 is 27.5 Å². The van der Waals surface area contributed by atoms with Gasteiger partial charge in [0, 0.05) is 56.8 Å². The van der Waals surface area contributed by atoms with Crippen LogP contribution in [0.2, 0.25) is 0 Å². The fraction of sp³-hybridized carbons (Fsp3) is 0.606. The molecule has 3 aliphatic heterocycles. The van der Waals surface area contributed by atoms with Crippen LogP contribution in [0.4, 0.5) is 19.0 Å². The molecule has 2 saturated heterocycles. The summed E-state index contributed by atoms with van der Waals surface area (Å²) < 4.78 is 45.5. The zero-order valence-electron chi connectivity index (χ0n) is 24.6. The summed E-state index contributed by atoms with van der Waals surface area (Å²) in [6, 6.07) is 10.8. The Morgan fingerprint density at radius 3 is 2.21 bits per heavy atom. The number of halogens is 3. The maximum Gasteiger partial charge on any atom is 0.417 e. The third-order valence-corrected chi connectivity index (χ3v) is 9.91. The fourth-order valence-corrected chi connectivity index (χ4v) is 7.39. The summed E-state index contributed by atoms with van der Waals surface area (Å²) in [6.07, 6.45) is 4.63. The number of hydrogen-bond acceptors (Lipinski definition) is 5. The molecule has 10 heteroatoms. The number of alkyl halides is 3. The summed E-state index contributed by atoms with van der Waals surface area (Å²) in [5.74, 6) is 0.304. The minimum absolute atomic E-state index is 0.00443. The first-order chi connectivity index (χ1) is 20.8. The number of pyridine rings is 1. The number of fused-ring (bicyclic) bond motifs is 1. The molecule has 232 valence electrons. The minimum atomic E-state index is -4.47. The van der Waals surface area contributed by atoms with Crippen molar-refractivity contribution in [2.45, 2.75) is 95.2 Å². The number of nitrogens with zero attached hydrogens (tertiary/aromatic N) is 4. The highest BCUT2D eigenvalue weighted by Gasteiger charge is 2.38. The van der Waals surface area contributed by atoms with Gasteiger partial charge in [-0.2, -0.15) is 13.2 Å². The zero-order valence-corrected chi connectivity index (χ0v) is 24.6. The first kappa shape index (κ1) is 30.1. The van der Waals surface area contributed by atoms with Gasteiger partial charge in [0.15, 0.2) is 0 Å². The third-order valence-electron chi connectivity index (χ3n) is 9.91. The van der Waals surface area contributed by atoms with E-state index in [0.717, 1.165) is 88.7 Å². The summed E-state index contributed by atoms with van der Waals surface area (Å²) in [5, 5.41) is 0. The van der Waals surface area contributed by atoms with Crippen LogP contribution in [-0.2, 0) is 33.5 Å². The van der Waals surface area contributed by atoms with Crippen molar-refractivity contribution in [3.63, 3.8) is 0 Å². The van der Waals surface area contributed by atoms with Gasteiger partial charge in [0.05, 0.1) is 12.2 Å². The summed E-state index contributed by atoms with van der Waals surface area (Å²) in [7, 11) is 0. The van der Waals surface area contributed by atoms with Gasteiger partial charge in [0.25, 0.3) is 5.91 Å². The summed E-state index contributed by atoms with van der Waals surface area (Å²) >= 11 is 0. The number of benzene rings is 1. The zero-order chi connectivity index (χ0) is 30.0. The van der Waals surface area contributed by atoms with Gasteiger partial charge < -0.3 is 14.5 Å². The lowest BCUT2D eigenvalue weighted by atomic mass is 9.87. The summed E-state index contributed by atoms with van der Waals surface area (Å²) in [6.45, 7) is 3.49. The molecule has 4 heterocycles. The van der Waals surface area contributed by atoms with E-state index in [0.29, 0.717) is 38.0 Å². The highest BCUT2D eigenvalue weighted by atomic mass is 19.4. The number of amides is 2. The molecule has 6 rings (SSSR count). The van der Waals surface area contributed by atoms with Crippen LogP contribution in [0.3, 0.4) is 0 Å². The predicted octanol–water partition coefficient (Wildman–Crippen LogP) is 5.61. The molecule has 3 fully saturated rings. The van der Waals surface area contributed by atoms with E-state index in [4.69, 9.17) is 4.74 Å². The van der Waals surface area contributed by atoms with Crippen molar-refractivity contribution in [1.29, 1.82) is 0 Å². The second kappa shape index (κ2) is 12.9. The number of rotatable bonds is 5. The van der Waals surface area contributed by atoms with Crippen LogP contribution < -0.4 is 4.90 Å². The van der Waals surface area contributed by atoms with Gasteiger partial charge in [-0.05, 0) is 61.8 Å². The van der Waals surface area contributed by atoms with Crippen LogP contribution >= 0.6 is 0 Å². The molecule has 7 nitrogen and oxygen atoms in total. The lowest BCUT2D eigenvalue weighted by Crippen LogP contribution is -2.54. The van der Waals surface area contributed by atoms with Gasteiger partial charge in [0.1, 0.15) is 11.9 Å². The van der Waals surface area contributed by atoms with E-state index in [2.05, 4.69) is 22.0 Å². The number of anilines is 1. The number of carbonyl (C=O) groups excluding carboxylic acids is 2. The Morgan fingerprint density at radius 2 is 1.56 bits per heavy atom. The number of ether oxygens (including phenoxy) is 1. The first-order valence-electron chi connectivity index (χ1n) is 15.9. The molecule has 43 heavy (non-hydrogen) atoms. The molecular weight excluding hydrogens is 557 g/mol. The predicted molar refractivity (Wildman–Crippen MR) is 156 cm³/mol. The molecule has 1 atom stereocenters. The van der Waals surface area contributed by atoms with E-state index in [-0.39, 0.29) is 23.8 Å². The molecule has 0 N–H and O–H groups in total. The summed E-state index contributed by atoms with van der Waals surface area (Å²) in [5.41, 5.74) is 1.54. The van der Waals surface area contributed by atoms with Gasteiger partial charge in [-0.1, -0.05) is 43.5 Å². The third kappa shape index (κ3) is 6.75. The molecule has 2 amide bonds. The van der Waals surface area contributed by atoms with E-state index in [1.165, 1.54) is 11.6 Å². The van der Waals surface area contributed by atoms with E-state index in [9.17, 15) is 22.8 Å². The van der Waals surface area contributed by atoms with Gasteiger partial charge >= 0.3 is 6.18 Å². The van der Waals surface area contributed by atoms with Gasteiger partial charge in [-0.15, -0.1) is 0 Å². The normalized spacial score (nSPS) is 23.1. The van der Waals surface area contributed by atoms with Crippen LogP contribution in [0, 0.1) is 5.92 Å². The Kier molecular flexibility index (Phi) is 9.05. The van der Waals surface area contributed by atoms with Crippen LogP contribution in [0.25, 0.3) is 0 Å². The fourth-order valence-electron chi connectivity index (χ4n) is 7.39. The molecule has 0 bridgehead atoms. The second-order valence-electron chi connectivity index (χ2n) is 12.5. The van der Waals surface area contributed by atoms with E-state index >= 15 is 0 Å². The smallest absolute Gasteiger partial charge is 0.363 e. The molecular formula is C33H41F3N4O3. The number of aromatic nitrogens is 1. The summed E-state index contributed by atoms with van der Waals surface area (Å²) in [4.78, 5) is 37.3. The molecule has 0 spiro atoms. The Bertz CT molecular complexity index is 1260. The molecule has 1 aliphatic carbocycles. The van der Waals surface area contributed by atoms with Crippen molar-refractivity contribution in [1.82, 2.24) is 14.8 Å². The Labute approximate surface area is 251 Å². The Balaban J connectivity index is 1.05. The van der Waals surface area contributed by atoms with Crippen LogP contribution in [-0.4, -0.2) is 71.0 Å². The maximum absolute atomic E-state index is 13.8. The van der Waals surface area contributed by atoms with Crippen molar-refractivity contribution in [2.24, 2.45) is 5.92 Å². The maximum atomic E-state index is 13.8. The highest BCUT2D eigenvalue weighted by molar-refractivity contribution is 5.94. The van der Waals surface area contributed by atoms with Crippen LogP contribution in [0.1, 0.15) is 74.5 Å². The minimum Gasteiger partial charge on any atom is -0.363 e. The SMILES string of the molecule is O=C([C@@H]1Cc2ccccc2CO1)N1CCC(N2CCC(N(C(=O)C3CCCCC3)c3ccc(C(F)(F)F)cn3)CC2)CC1. The van der Waals surface area contributed by atoms with Gasteiger partial charge in [0.2, 0.25) is 5.91 Å². The van der Waals surface area contributed by atoms with E-state index in [1.807, 2.05) is 17.0 Å². The first-order valence-corrected chi connectivity index (χ1v) is 15.9. The number of carbonyl (C=O) groups is 2. The van der Waals surface area contributed by atoms with Crippen LogP contribution in [0.5, 0.6) is 0 Å². The van der Waals surface area contributed by atoms with Crippen molar-refractivity contribution in [3.05, 3.63) is 59.3 Å². The molecule has 1 aromatic heterocycles. The van der Waals surface area contributed by atoms with Crippen molar-refractivity contribution >= 4 is 17.6 Å². The lowest BCUT2D eigenvalue weighted by Gasteiger charge is -2.44.